The molecule has 0 aromatic heterocycles. The van der Waals surface area contributed by atoms with Crippen molar-refractivity contribution in [1.82, 2.24) is 28.7 Å². The van der Waals surface area contributed by atoms with E-state index in [0.29, 0.717) is 48.0 Å². The molecule has 0 saturated carbocycles. The van der Waals surface area contributed by atoms with Gasteiger partial charge in [-0.2, -0.15) is 4.72 Å². The molecule has 26 heteroatoms. The fourth-order valence-corrected chi connectivity index (χ4v) is 15.9. The summed E-state index contributed by atoms with van der Waals surface area (Å²) in [6.45, 7) is 65.2. The number of methoxy groups -OCH3 is 1. The molecule has 6 atom stereocenters. The Labute approximate surface area is 839 Å². The van der Waals surface area contributed by atoms with E-state index in [1.165, 1.54) is 159 Å². The number of ether oxygens (including phenoxy) is 3. The maximum atomic E-state index is 10.9. The summed E-state index contributed by atoms with van der Waals surface area (Å²) in [5.74, 6) is 5.72. The van der Waals surface area contributed by atoms with Crippen molar-refractivity contribution in [3.63, 3.8) is 0 Å². The summed E-state index contributed by atoms with van der Waals surface area (Å²) in [6.07, 6.45) is 43.6. The van der Waals surface area contributed by atoms with Gasteiger partial charge in [-0.15, -0.1) is 0 Å². The molecule has 3 aromatic carbocycles. The molecule has 1 aliphatic carbocycles. The number of hydrogen-bond donors (Lipinski definition) is 9. The van der Waals surface area contributed by atoms with Gasteiger partial charge < -0.3 is 49.5 Å². The van der Waals surface area contributed by atoms with Gasteiger partial charge in [-0.1, -0.05) is 355 Å². The predicted molar refractivity (Wildman–Crippen MR) is 590 cm³/mol. The Morgan fingerprint density at radius 2 is 0.896 bits per heavy atom. The average molecular weight is 2010 g/mol. The quantitative estimate of drug-likeness (QED) is 0.0187. The lowest BCUT2D eigenvalue weighted by molar-refractivity contribution is 0.0877. The van der Waals surface area contributed by atoms with Crippen molar-refractivity contribution >= 4 is 40.1 Å². The average Bonchev–Trinajstić information content (AvgIpc) is 1.74. The van der Waals surface area contributed by atoms with Crippen molar-refractivity contribution in [3.05, 3.63) is 102 Å². The molecule has 0 amide bonds. The molecule has 0 spiro atoms. The molecule has 0 radical (unpaired) electrons. The van der Waals surface area contributed by atoms with Crippen LogP contribution in [0.3, 0.4) is 0 Å². The van der Waals surface area contributed by atoms with Crippen LogP contribution < -0.4 is 23.6 Å². The molecule has 135 heavy (non-hydrogen) atoms. The molecule has 0 aliphatic heterocycles. The molecule has 6 unspecified atom stereocenters. The number of rotatable bonds is 54. The number of nitrogens with zero attached hydrogens (tertiary/aromatic N) is 2. The maximum Gasteiger partial charge on any atom is 0.211 e. The number of aryl methyl sites for hydroxylation is 1. The van der Waals surface area contributed by atoms with E-state index in [4.69, 9.17) is 39.7 Å². The van der Waals surface area contributed by atoms with Gasteiger partial charge in [0.1, 0.15) is 5.75 Å². The number of para-hydroxylation sites is 1. The second kappa shape index (κ2) is 104. The number of nitrogens with one attached hydrogen (secondary N) is 4. The highest BCUT2D eigenvalue weighted by molar-refractivity contribution is 7.89. The first-order valence-corrected chi connectivity index (χ1v) is 59.7. The number of benzene rings is 3. The van der Waals surface area contributed by atoms with Gasteiger partial charge in [0.05, 0.1) is 57.6 Å². The summed E-state index contributed by atoms with van der Waals surface area (Å²) >= 11 is 0. The Hall–Kier alpha value is -3.26. The van der Waals surface area contributed by atoms with Crippen LogP contribution in [0.4, 0.5) is 0 Å². The maximum absolute atomic E-state index is 10.9. The van der Waals surface area contributed by atoms with Gasteiger partial charge >= 0.3 is 0 Å². The molecule has 22 nitrogen and oxygen atoms in total. The smallest absolute Gasteiger partial charge is 0.211 e. The largest absolute Gasteiger partial charge is 0.477 e. The van der Waals surface area contributed by atoms with E-state index >= 15 is 0 Å². The lowest BCUT2D eigenvalue weighted by atomic mass is 9.75. The molecule has 812 valence electrons. The summed E-state index contributed by atoms with van der Waals surface area (Å²) in [5.41, 5.74) is 5.41. The van der Waals surface area contributed by atoms with Crippen LogP contribution in [0.25, 0.3) is 0 Å². The van der Waals surface area contributed by atoms with Gasteiger partial charge in [-0.3, -0.25) is 0 Å². The fourth-order valence-electron chi connectivity index (χ4n) is 13.1. The second-order valence-electron chi connectivity index (χ2n) is 39.9. The molecule has 1 aliphatic rings. The number of sulfonamides is 4. The summed E-state index contributed by atoms with van der Waals surface area (Å²) in [7, 11) is -4.29. The summed E-state index contributed by atoms with van der Waals surface area (Å²) < 4.78 is 111. The first kappa shape index (κ1) is 152. The predicted octanol–water partition coefficient (Wildman–Crippen LogP) is 24.6. The van der Waals surface area contributed by atoms with E-state index < -0.39 is 46.2 Å². The minimum atomic E-state index is -3.17. The highest BCUT2D eigenvalue weighted by Crippen LogP contribution is 2.35. The number of unbranched alkanes of at least 4 members (excludes halogenated alkanes) is 7. The summed E-state index contributed by atoms with van der Waals surface area (Å²) in [6, 6.07) is 28.0. The van der Waals surface area contributed by atoms with Crippen molar-refractivity contribution in [2.75, 3.05) is 126 Å². The zero-order valence-electron chi connectivity index (χ0n) is 94.2. The Bertz CT molecular complexity index is 3290. The number of fused-ring (bicyclic) bond motifs is 1. The molecule has 0 saturated heterocycles. The van der Waals surface area contributed by atoms with Crippen molar-refractivity contribution in [2.45, 2.75) is 423 Å². The molecule has 0 fully saturated rings. The topological polar surface area (TPSA) is 320 Å². The Kier molecular flexibility index (Phi) is 117. The third kappa shape index (κ3) is 144. The monoisotopic (exact) mass is 2000 g/mol. The van der Waals surface area contributed by atoms with Crippen molar-refractivity contribution in [2.24, 2.45) is 46.3 Å². The summed E-state index contributed by atoms with van der Waals surface area (Å²) in [4.78, 5) is 4.37. The van der Waals surface area contributed by atoms with Crippen LogP contribution in [-0.4, -0.2) is 219 Å². The minimum absolute atomic E-state index is 0.0137. The van der Waals surface area contributed by atoms with Gasteiger partial charge in [0.15, 0.2) is 6.73 Å². The molecule has 0 heterocycles. The van der Waals surface area contributed by atoms with Crippen molar-refractivity contribution in [1.29, 1.82) is 0 Å². The van der Waals surface area contributed by atoms with E-state index in [0.717, 1.165) is 133 Å². The van der Waals surface area contributed by atoms with Crippen LogP contribution in [0.2, 0.25) is 0 Å². The molecule has 9 N–H and O–H groups in total. The third-order valence-electron chi connectivity index (χ3n) is 20.9. The second-order valence-corrected chi connectivity index (χ2v) is 47.1. The molecule has 4 rings (SSSR count). The van der Waals surface area contributed by atoms with Crippen LogP contribution in [0.15, 0.2) is 84.9 Å². The standard InChI is InChI=1S/C11H17NO2S.C11H14.2C10H22.C9H21NO2S.C8H11NO3S.C8H19NO2S.C8H18.C7H17NO.C7H17N.C6H14O2.C5H12O2.C5H12O.C4H10O/c1-10(12-15(2,13)14)8-9-11-6-4-3-5-7-11;1-2-9-7-10-5-3-4-6-11(10)8-9;1-7-10(5,6)8-9(2,3)4;1-4-7-9-10(6-3)8-5-2;1-8(2)6-5-7-9(3)10-13(4,11)12;1-13(10,11)9-7-12-8-5-3-2-4-6-8;1-7(2)5-6-8(3)9-12(4,10)11;1-5-8(4)6-7(2)3;1-3-4-5-8(2)6-7-9;1-4-5-6-7-8(2)3;1-2-3-5-8-6-4-7;1-2-3-5(7)4-6;1-3-4-5-6-2;1-2-3-4-5/h3-7,10,12H,8-9H2,1-2H3;3-6,9H,2,7-8H2,1H3;7-8H2,1-6H3;10H,4-9H2,1-3H3;8-10H,5-7H2,1-4H3;2-6,9H,7H2,1H3;7-9H,5-6H2,1-4H3;7-8H,5-6H2,1-4H3;9H,3-7H2,1-2H3;4-7H2,1-3H3;7H,2-6H2,1H3;5-7H,2-4H2,1H3;3-5H2,1-2H3;5H,2-4H2,1H3. The number of hydrogen-bond acceptors (Lipinski definition) is 18. The van der Waals surface area contributed by atoms with Crippen LogP contribution in [0.1, 0.15) is 396 Å². The number of likely N-dealkylation sites (N-methyl/N-ethyl adjacent to an activating group) is 1. The van der Waals surface area contributed by atoms with Crippen molar-refractivity contribution < 1.29 is 73.4 Å². The Morgan fingerprint density at radius 3 is 1.23 bits per heavy atom. The number of aliphatic hydroxyl groups excluding tert-OH is 5. The van der Waals surface area contributed by atoms with Crippen LogP contribution in [0.5, 0.6) is 5.75 Å². The first-order chi connectivity index (χ1) is 63.0. The SMILES string of the molecule is CC(C)CCC(C)NS(C)(=O)=O.CC(C)CCCC(C)NS(C)(=O)=O.CC(CCc1ccccc1)NS(C)(=O)=O.CCC(C)(C)CC(C)(C)C.CCC(C)CC(C)C.CCC1Cc2ccccc2C1.CCCC(O)CO.CCCCC(CC)CCC.CCCCCN(C)C.CCCCN(C)CCO.CCCCO.CCCCOC.CCCCOCCO.CS(=O)(=O)NCOc1ccccc1. The third-order valence-corrected chi connectivity index (χ3v) is 24.0. The van der Waals surface area contributed by atoms with Gasteiger partial charge in [0.2, 0.25) is 40.1 Å². The Morgan fingerprint density at radius 1 is 0.437 bits per heavy atom. The molecular weight excluding hydrogens is 1780 g/mol. The lowest BCUT2D eigenvalue weighted by Crippen LogP contribution is -2.31. The van der Waals surface area contributed by atoms with E-state index in [1.54, 1.807) is 30.4 Å². The molecule has 0 bridgehead atoms. The zero-order valence-corrected chi connectivity index (χ0v) is 97.5. The molecule has 3 aromatic rings. The first-order valence-electron chi connectivity index (χ1n) is 52.1. The summed E-state index contributed by atoms with van der Waals surface area (Å²) in [5, 5.41) is 41.6. The van der Waals surface area contributed by atoms with Crippen LogP contribution >= 0.6 is 0 Å². The highest BCUT2D eigenvalue weighted by atomic mass is 32.2. The lowest BCUT2D eigenvalue weighted by Gasteiger charge is -2.31. The van der Waals surface area contributed by atoms with Gasteiger partial charge in [-0.25, -0.2) is 47.8 Å². The fraction of sp³-hybridized carbons (Fsp3) is 0.835. The van der Waals surface area contributed by atoms with Gasteiger partial charge in [0, 0.05) is 51.6 Å². The minimum Gasteiger partial charge on any atom is -0.477 e. The normalized spacial score (nSPS) is 13.0. The van der Waals surface area contributed by atoms with Gasteiger partial charge in [-0.05, 0) is 226 Å². The van der Waals surface area contributed by atoms with E-state index in [2.05, 4.69) is 226 Å². The van der Waals surface area contributed by atoms with Crippen molar-refractivity contribution in [3.8, 4) is 5.75 Å². The van der Waals surface area contributed by atoms with E-state index in [-0.39, 0.29) is 44.7 Å². The van der Waals surface area contributed by atoms with Crippen LogP contribution in [-0.2, 0) is 68.8 Å². The van der Waals surface area contributed by atoms with Crippen LogP contribution in [0, 0.1) is 46.3 Å². The number of aliphatic hydroxyl groups is 5. The molecular formula is C109H226N6O16S4. The van der Waals surface area contributed by atoms with E-state index in [9.17, 15) is 33.7 Å². The highest BCUT2D eigenvalue weighted by Gasteiger charge is 2.23. The van der Waals surface area contributed by atoms with Gasteiger partial charge in [0.25, 0.3) is 0 Å². The zero-order chi connectivity index (χ0) is 106. The Balaban J connectivity index is -0.000000157. The van der Waals surface area contributed by atoms with E-state index in [1.807, 2.05) is 83.3 Å².